The van der Waals surface area contributed by atoms with E-state index in [0.29, 0.717) is 28.1 Å². The van der Waals surface area contributed by atoms with Crippen LogP contribution in [0.2, 0.25) is 4.34 Å². The number of cyclic esters (lactones) is 1. The van der Waals surface area contributed by atoms with Crippen molar-refractivity contribution in [2.75, 3.05) is 24.6 Å². The molecule has 158 valence electrons. The van der Waals surface area contributed by atoms with Crippen molar-refractivity contribution in [1.82, 2.24) is 5.32 Å². The van der Waals surface area contributed by atoms with Crippen molar-refractivity contribution in [3.05, 3.63) is 51.2 Å². The van der Waals surface area contributed by atoms with Gasteiger partial charge in [0.1, 0.15) is 6.10 Å². The summed E-state index contributed by atoms with van der Waals surface area (Å²) in [5.74, 6) is -0.444. The van der Waals surface area contributed by atoms with E-state index >= 15 is 0 Å². The van der Waals surface area contributed by atoms with Crippen LogP contribution < -0.4 is 10.2 Å². The van der Waals surface area contributed by atoms with Gasteiger partial charge in [0, 0.05) is 5.69 Å². The normalized spacial score (nSPS) is 19.3. The van der Waals surface area contributed by atoms with Gasteiger partial charge in [0.05, 0.1) is 34.3 Å². The van der Waals surface area contributed by atoms with E-state index in [-0.39, 0.29) is 18.4 Å². The number of benzene rings is 1. The van der Waals surface area contributed by atoms with Crippen LogP contribution in [-0.2, 0) is 19.7 Å². The van der Waals surface area contributed by atoms with Gasteiger partial charge in [-0.05, 0) is 49.6 Å². The van der Waals surface area contributed by atoms with E-state index in [2.05, 4.69) is 5.32 Å². The van der Waals surface area contributed by atoms with Crippen LogP contribution in [0.1, 0.15) is 35.0 Å². The van der Waals surface area contributed by atoms with E-state index in [9.17, 15) is 14.4 Å². The predicted octanol–water partition coefficient (Wildman–Crippen LogP) is 3.75. The van der Waals surface area contributed by atoms with Crippen molar-refractivity contribution in [1.29, 1.82) is 0 Å². The third-order valence-electron chi connectivity index (χ3n) is 5.31. The number of nitrogens with one attached hydrogen (secondary N) is 1. The summed E-state index contributed by atoms with van der Waals surface area (Å²) in [5, 5.41) is 2.77. The lowest BCUT2D eigenvalue weighted by Gasteiger charge is -2.17. The molecule has 1 aliphatic heterocycles. The molecule has 0 radical (unpaired) electrons. The molecule has 4 rings (SSSR count). The molecule has 1 aliphatic carbocycles. The first kappa shape index (κ1) is 20.7. The number of thiophene rings is 1. The smallest absolute Gasteiger partial charge is 0.414 e. The first-order chi connectivity index (χ1) is 14.4. The van der Waals surface area contributed by atoms with Gasteiger partial charge in [0.2, 0.25) is 0 Å². The van der Waals surface area contributed by atoms with Crippen LogP contribution >= 0.6 is 22.9 Å². The maximum atomic E-state index is 12.3. The van der Waals surface area contributed by atoms with E-state index < -0.39 is 17.6 Å². The summed E-state index contributed by atoms with van der Waals surface area (Å²) >= 11 is 7.04. The lowest BCUT2D eigenvalue weighted by Crippen LogP contribution is -2.34. The molecular weight excluding hydrogens is 428 g/mol. The number of halogens is 1. The molecular formula is C21H21ClN2O5S. The molecule has 2 heterocycles. The molecule has 1 saturated heterocycles. The second-order valence-electron chi connectivity index (χ2n) is 7.28. The Morgan fingerprint density at radius 3 is 2.60 bits per heavy atom. The first-order valence-electron chi connectivity index (χ1n) is 9.72. The van der Waals surface area contributed by atoms with E-state index in [4.69, 9.17) is 21.1 Å². The highest BCUT2D eigenvalue weighted by atomic mass is 35.5. The average Bonchev–Trinajstić information content (AvgIpc) is 3.31. The number of rotatable bonds is 7. The number of anilines is 1. The van der Waals surface area contributed by atoms with Crippen molar-refractivity contribution in [3.8, 4) is 0 Å². The molecule has 1 atom stereocenters. The average molecular weight is 449 g/mol. The van der Waals surface area contributed by atoms with E-state index in [1.54, 1.807) is 19.1 Å². The summed E-state index contributed by atoms with van der Waals surface area (Å²) in [4.78, 5) is 38.7. The van der Waals surface area contributed by atoms with Gasteiger partial charge < -0.3 is 14.8 Å². The Kier molecular flexibility index (Phi) is 5.71. The number of carbonyl (C=O) groups is 3. The minimum atomic E-state index is -0.544. The highest BCUT2D eigenvalue weighted by Gasteiger charge is 2.52. The molecule has 1 N–H and O–H groups in total. The number of ether oxygens (including phenoxy) is 2. The Morgan fingerprint density at radius 2 is 2.00 bits per heavy atom. The predicted molar refractivity (Wildman–Crippen MR) is 113 cm³/mol. The van der Waals surface area contributed by atoms with Gasteiger partial charge in [-0.15, -0.1) is 11.3 Å². The van der Waals surface area contributed by atoms with Crippen molar-refractivity contribution in [2.45, 2.75) is 31.3 Å². The van der Waals surface area contributed by atoms with Gasteiger partial charge in [-0.1, -0.05) is 23.7 Å². The molecule has 30 heavy (non-hydrogen) atoms. The monoisotopic (exact) mass is 448 g/mol. The van der Waals surface area contributed by atoms with Crippen LogP contribution in [-0.4, -0.2) is 43.8 Å². The second-order valence-corrected chi connectivity index (χ2v) is 8.99. The Hall–Kier alpha value is -2.58. The minimum absolute atomic E-state index is 0.193. The van der Waals surface area contributed by atoms with E-state index in [0.717, 1.165) is 18.4 Å². The highest BCUT2D eigenvalue weighted by Crippen LogP contribution is 2.49. The summed E-state index contributed by atoms with van der Waals surface area (Å²) in [7, 11) is 0. The standard InChI is InChI=1S/C21H21ClN2O5S/c1-2-28-19(26)21(9-10-21)13-3-5-14(6-4-13)24-12-15(29-20(24)27)11-23-18(25)16-7-8-17(22)30-16/h3-8,15H,2,9-12H2,1H3,(H,23,25). The summed E-state index contributed by atoms with van der Waals surface area (Å²) in [5.41, 5.74) is 1.04. The topological polar surface area (TPSA) is 84.9 Å². The van der Waals surface area contributed by atoms with Gasteiger partial charge >= 0.3 is 12.1 Å². The molecule has 1 unspecified atom stereocenters. The number of hydrogen-bond donors (Lipinski definition) is 1. The Bertz CT molecular complexity index is 970. The van der Waals surface area contributed by atoms with Crippen molar-refractivity contribution in [3.63, 3.8) is 0 Å². The lowest BCUT2D eigenvalue weighted by molar-refractivity contribution is -0.146. The fourth-order valence-electron chi connectivity index (χ4n) is 3.53. The zero-order valence-corrected chi connectivity index (χ0v) is 17.9. The first-order valence-corrected chi connectivity index (χ1v) is 10.9. The van der Waals surface area contributed by atoms with Crippen molar-refractivity contribution >= 4 is 46.6 Å². The van der Waals surface area contributed by atoms with Gasteiger partial charge in [-0.3, -0.25) is 14.5 Å². The molecule has 1 aromatic carbocycles. The van der Waals surface area contributed by atoms with Crippen LogP contribution in [0.15, 0.2) is 36.4 Å². The molecule has 0 bridgehead atoms. The van der Waals surface area contributed by atoms with Gasteiger partial charge in [0.25, 0.3) is 5.91 Å². The fourth-order valence-corrected chi connectivity index (χ4v) is 4.49. The summed E-state index contributed by atoms with van der Waals surface area (Å²) in [6.45, 7) is 2.69. The zero-order chi connectivity index (χ0) is 21.3. The maximum absolute atomic E-state index is 12.3. The Morgan fingerprint density at radius 1 is 1.27 bits per heavy atom. The summed E-state index contributed by atoms with van der Waals surface area (Å²) < 4.78 is 11.1. The fraction of sp³-hybridized carbons (Fsp3) is 0.381. The van der Waals surface area contributed by atoms with E-state index in [1.807, 2.05) is 24.3 Å². The third kappa shape index (κ3) is 4.02. The molecule has 2 aromatic rings. The lowest BCUT2D eigenvalue weighted by atomic mass is 9.96. The second kappa shape index (κ2) is 8.28. The molecule has 1 saturated carbocycles. The SMILES string of the molecule is CCOC(=O)C1(c2ccc(N3CC(CNC(=O)c4ccc(Cl)s4)OC3=O)cc2)CC1. The minimum Gasteiger partial charge on any atom is -0.465 e. The largest absolute Gasteiger partial charge is 0.465 e. The summed E-state index contributed by atoms with van der Waals surface area (Å²) in [6.07, 6.45) is 0.626. The van der Waals surface area contributed by atoms with Gasteiger partial charge in [-0.2, -0.15) is 0 Å². The van der Waals surface area contributed by atoms with Crippen LogP contribution in [0.4, 0.5) is 10.5 Å². The van der Waals surface area contributed by atoms with Crippen molar-refractivity contribution < 1.29 is 23.9 Å². The van der Waals surface area contributed by atoms with Crippen LogP contribution in [0.5, 0.6) is 0 Å². The van der Waals surface area contributed by atoms with E-state index in [1.165, 1.54) is 16.2 Å². The van der Waals surface area contributed by atoms with Gasteiger partial charge in [0.15, 0.2) is 0 Å². The number of carbonyl (C=O) groups excluding carboxylic acids is 3. The summed E-state index contributed by atoms with van der Waals surface area (Å²) in [6, 6.07) is 10.7. The maximum Gasteiger partial charge on any atom is 0.414 e. The van der Waals surface area contributed by atoms with Crippen molar-refractivity contribution in [2.24, 2.45) is 0 Å². The quantitative estimate of drug-likeness (QED) is 0.652. The molecule has 2 aliphatic rings. The number of hydrogen-bond acceptors (Lipinski definition) is 6. The number of amides is 2. The zero-order valence-electron chi connectivity index (χ0n) is 16.4. The molecule has 0 spiro atoms. The third-order valence-corrected chi connectivity index (χ3v) is 6.54. The molecule has 7 nitrogen and oxygen atoms in total. The Balaban J connectivity index is 1.36. The molecule has 2 fully saturated rings. The highest BCUT2D eigenvalue weighted by molar-refractivity contribution is 7.18. The van der Waals surface area contributed by atoms with Crippen LogP contribution in [0, 0.1) is 0 Å². The Labute approximate surface area is 182 Å². The number of nitrogens with zero attached hydrogens (tertiary/aromatic N) is 1. The molecule has 1 aromatic heterocycles. The number of esters is 1. The molecule has 9 heteroatoms. The van der Waals surface area contributed by atoms with Crippen LogP contribution in [0.25, 0.3) is 0 Å². The molecule has 2 amide bonds. The van der Waals surface area contributed by atoms with Gasteiger partial charge in [-0.25, -0.2) is 4.79 Å². The van der Waals surface area contributed by atoms with Crippen LogP contribution in [0.3, 0.4) is 0 Å².